The fourth-order valence-electron chi connectivity index (χ4n) is 2.73. The van der Waals surface area contributed by atoms with Crippen molar-refractivity contribution >= 4 is 22.5 Å². The summed E-state index contributed by atoms with van der Waals surface area (Å²) >= 11 is 6.18. The van der Waals surface area contributed by atoms with Crippen molar-refractivity contribution in [2.24, 2.45) is 0 Å². The second kappa shape index (κ2) is 4.30. The van der Waals surface area contributed by atoms with E-state index >= 15 is 0 Å². The van der Waals surface area contributed by atoms with Gasteiger partial charge in [-0.1, -0.05) is 12.1 Å². The topological polar surface area (TPSA) is 12.9 Å². The van der Waals surface area contributed by atoms with Crippen molar-refractivity contribution < 1.29 is 0 Å². The number of halogens is 1. The molecule has 1 heterocycles. The molecule has 1 nitrogen and oxygen atoms in total. The van der Waals surface area contributed by atoms with Gasteiger partial charge in [-0.2, -0.15) is 0 Å². The van der Waals surface area contributed by atoms with Gasteiger partial charge in [-0.25, -0.2) is 0 Å². The zero-order valence-corrected chi connectivity index (χ0v) is 10.7. The van der Waals surface area contributed by atoms with Gasteiger partial charge in [0, 0.05) is 16.5 Å². The Morgan fingerprint density at radius 3 is 2.82 bits per heavy atom. The highest BCUT2D eigenvalue weighted by Gasteiger charge is 2.24. The van der Waals surface area contributed by atoms with Gasteiger partial charge in [0.25, 0.3) is 0 Å². The van der Waals surface area contributed by atoms with E-state index < -0.39 is 0 Å². The average Bonchev–Trinajstić information content (AvgIpc) is 2.75. The first kappa shape index (κ1) is 11.0. The lowest BCUT2D eigenvalue weighted by Gasteiger charge is -2.10. The molecule has 2 heteroatoms. The molecule has 1 saturated carbocycles. The number of aromatic nitrogens is 1. The van der Waals surface area contributed by atoms with Crippen LogP contribution in [-0.4, -0.2) is 10.4 Å². The van der Waals surface area contributed by atoms with Crippen molar-refractivity contribution in [3.8, 4) is 0 Å². The molecular weight excluding hydrogens is 230 g/mol. The zero-order chi connectivity index (χ0) is 11.8. The van der Waals surface area contributed by atoms with Gasteiger partial charge in [0.2, 0.25) is 0 Å². The minimum Gasteiger partial charge on any atom is -0.253 e. The van der Waals surface area contributed by atoms with Gasteiger partial charge in [0.15, 0.2) is 0 Å². The SMILES string of the molecule is Cc1ccc2cc(C3CCC(Cl)C3)ccc2n1. The van der Waals surface area contributed by atoms with Gasteiger partial charge in [-0.3, -0.25) is 4.98 Å². The average molecular weight is 246 g/mol. The fraction of sp³-hybridized carbons (Fsp3) is 0.400. The molecule has 88 valence electrons. The van der Waals surface area contributed by atoms with E-state index in [1.54, 1.807) is 0 Å². The molecule has 1 aliphatic carbocycles. The maximum Gasteiger partial charge on any atom is 0.0705 e. The third-order valence-electron chi connectivity index (χ3n) is 3.69. The third-order valence-corrected chi connectivity index (χ3v) is 4.09. The molecule has 0 radical (unpaired) electrons. The number of nitrogens with zero attached hydrogens (tertiary/aromatic N) is 1. The van der Waals surface area contributed by atoms with Gasteiger partial charge >= 0.3 is 0 Å². The van der Waals surface area contributed by atoms with Crippen molar-refractivity contribution in [3.63, 3.8) is 0 Å². The number of rotatable bonds is 1. The van der Waals surface area contributed by atoms with Crippen LogP contribution in [0.2, 0.25) is 0 Å². The van der Waals surface area contributed by atoms with E-state index in [4.69, 9.17) is 11.6 Å². The van der Waals surface area contributed by atoms with Crippen LogP contribution < -0.4 is 0 Å². The van der Waals surface area contributed by atoms with Crippen LogP contribution in [0.3, 0.4) is 0 Å². The summed E-state index contributed by atoms with van der Waals surface area (Å²) in [6.45, 7) is 2.03. The molecule has 0 aliphatic heterocycles. The maximum atomic E-state index is 6.18. The van der Waals surface area contributed by atoms with E-state index in [0.29, 0.717) is 11.3 Å². The summed E-state index contributed by atoms with van der Waals surface area (Å²) in [7, 11) is 0. The van der Waals surface area contributed by atoms with E-state index in [2.05, 4.69) is 35.3 Å². The van der Waals surface area contributed by atoms with Crippen LogP contribution >= 0.6 is 11.6 Å². The van der Waals surface area contributed by atoms with Crippen molar-refractivity contribution in [1.29, 1.82) is 0 Å². The minimum atomic E-state index is 0.367. The number of hydrogen-bond donors (Lipinski definition) is 0. The first-order chi connectivity index (χ1) is 8.22. The molecule has 0 bridgehead atoms. The Bertz CT molecular complexity index is 550. The number of benzene rings is 1. The molecule has 0 saturated heterocycles. The molecule has 17 heavy (non-hydrogen) atoms. The molecule has 1 fully saturated rings. The fourth-order valence-corrected chi connectivity index (χ4v) is 3.07. The van der Waals surface area contributed by atoms with Gasteiger partial charge in [-0.15, -0.1) is 11.6 Å². The summed E-state index contributed by atoms with van der Waals surface area (Å²) < 4.78 is 0. The number of fused-ring (bicyclic) bond motifs is 1. The van der Waals surface area contributed by atoms with E-state index in [1.165, 1.54) is 17.4 Å². The summed E-state index contributed by atoms with van der Waals surface area (Å²) in [5, 5.41) is 1.61. The highest BCUT2D eigenvalue weighted by Crippen LogP contribution is 2.37. The van der Waals surface area contributed by atoms with Crippen LogP contribution in [0.5, 0.6) is 0 Å². The van der Waals surface area contributed by atoms with E-state index in [0.717, 1.165) is 24.1 Å². The Labute approximate surface area is 107 Å². The molecule has 1 aliphatic rings. The molecule has 2 aromatic rings. The summed E-state index contributed by atoms with van der Waals surface area (Å²) in [5.41, 5.74) is 3.59. The number of aryl methyl sites for hydroxylation is 1. The van der Waals surface area contributed by atoms with Crippen molar-refractivity contribution in [2.75, 3.05) is 0 Å². The molecule has 0 spiro atoms. The predicted octanol–water partition coefficient (Wildman–Crippen LogP) is 4.42. The lowest BCUT2D eigenvalue weighted by atomic mass is 9.96. The predicted molar refractivity (Wildman–Crippen MR) is 72.7 cm³/mol. The zero-order valence-electron chi connectivity index (χ0n) is 9.99. The van der Waals surface area contributed by atoms with Crippen LogP contribution in [0.25, 0.3) is 10.9 Å². The lowest BCUT2D eigenvalue weighted by molar-refractivity contribution is 0.725. The van der Waals surface area contributed by atoms with Gasteiger partial charge in [0.05, 0.1) is 5.52 Å². The number of hydrogen-bond acceptors (Lipinski definition) is 1. The molecule has 1 aromatic carbocycles. The molecule has 3 rings (SSSR count). The van der Waals surface area contributed by atoms with Crippen LogP contribution in [0.1, 0.15) is 36.4 Å². The second-order valence-electron chi connectivity index (χ2n) is 5.01. The van der Waals surface area contributed by atoms with Gasteiger partial charge in [-0.05, 0) is 55.9 Å². The maximum absolute atomic E-state index is 6.18. The summed E-state index contributed by atoms with van der Waals surface area (Å²) in [5.74, 6) is 0.642. The number of pyridine rings is 1. The molecular formula is C15H16ClN. The molecule has 2 atom stereocenters. The highest BCUT2D eigenvalue weighted by atomic mass is 35.5. The third kappa shape index (κ3) is 2.16. The lowest BCUT2D eigenvalue weighted by Crippen LogP contribution is -1.95. The van der Waals surface area contributed by atoms with Gasteiger partial charge < -0.3 is 0 Å². The second-order valence-corrected chi connectivity index (χ2v) is 5.63. The highest BCUT2D eigenvalue weighted by molar-refractivity contribution is 6.20. The summed E-state index contributed by atoms with van der Waals surface area (Å²) in [6, 6.07) is 10.9. The summed E-state index contributed by atoms with van der Waals surface area (Å²) in [4.78, 5) is 4.53. The van der Waals surface area contributed by atoms with Gasteiger partial charge in [0.1, 0.15) is 0 Å². The smallest absolute Gasteiger partial charge is 0.0705 e. The van der Waals surface area contributed by atoms with Crippen molar-refractivity contribution in [2.45, 2.75) is 37.5 Å². The Balaban J connectivity index is 1.99. The monoisotopic (exact) mass is 245 g/mol. The number of alkyl halides is 1. The van der Waals surface area contributed by atoms with Crippen LogP contribution in [-0.2, 0) is 0 Å². The normalized spacial score (nSPS) is 24.4. The van der Waals surface area contributed by atoms with Crippen LogP contribution in [0, 0.1) is 6.92 Å². The standard InChI is InChI=1S/C15H16ClN/c1-10-2-3-13-8-11(5-7-15(13)17-10)12-4-6-14(16)9-12/h2-3,5,7-8,12,14H,4,6,9H2,1H3. The van der Waals surface area contributed by atoms with E-state index in [9.17, 15) is 0 Å². The Hall–Kier alpha value is -1.08. The largest absolute Gasteiger partial charge is 0.253 e. The van der Waals surface area contributed by atoms with Crippen LogP contribution in [0.4, 0.5) is 0 Å². The summed E-state index contributed by atoms with van der Waals surface area (Å²) in [6.07, 6.45) is 3.49. The van der Waals surface area contributed by atoms with Crippen molar-refractivity contribution in [1.82, 2.24) is 4.98 Å². The Morgan fingerprint density at radius 2 is 2.06 bits per heavy atom. The Morgan fingerprint density at radius 1 is 1.18 bits per heavy atom. The first-order valence-corrected chi connectivity index (χ1v) is 6.67. The molecule has 1 aromatic heterocycles. The first-order valence-electron chi connectivity index (χ1n) is 6.24. The minimum absolute atomic E-state index is 0.367. The van der Waals surface area contributed by atoms with Crippen molar-refractivity contribution in [3.05, 3.63) is 41.6 Å². The molecule has 0 amide bonds. The molecule has 2 unspecified atom stereocenters. The van der Waals surface area contributed by atoms with Crippen LogP contribution in [0.15, 0.2) is 30.3 Å². The van der Waals surface area contributed by atoms with E-state index in [1.807, 2.05) is 6.92 Å². The Kier molecular flexibility index (Phi) is 2.79. The quantitative estimate of drug-likeness (QED) is 0.678. The molecule has 0 N–H and O–H groups in total. The van der Waals surface area contributed by atoms with E-state index in [-0.39, 0.29) is 0 Å².